The first kappa shape index (κ1) is 40.9. The van der Waals surface area contributed by atoms with E-state index in [0.29, 0.717) is 0 Å². The van der Waals surface area contributed by atoms with Gasteiger partial charge in [-0.15, -0.1) is 0 Å². The number of aromatic nitrogens is 9. The number of pyridine rings is 1. The molecule has 10 N–H and O–H groups in total. The van der Waals surface area contributed by atoms with Crippen LogP contribution in [0.5, 0.6) is 0 Å². The van der Waals surface area contributed by atoms with Crippen LogP contribution in [-0.2, 0) is 43.7 Å². The van der Waals surface area contributed by atoms with Gasteiger partial charge in [0.25, 0.3) is 17.4 Å². The summed E-state index contributed by atoms with van der Waals surface area (Å²) in [6, 6.07) is 4.47. The van der Waals surface area contributed by atoms with Gasteiger partial charge in [0.2, 0.25) is 17.6 Å². The Morgan fingerprint density at radius 3 is 1.76 bits per heavy atom. The maximum atomic E-state index is 13.2. The van der Waals surface area contributed by atoms with Crippen LogP contribution in [0.15, 0.2) is 46.6 Å². The number of aromatic amines is 2. The van der Waals surface area contributed by atoms with Crippen molar-refractivity contribution in [2.75, 3.05) is 24.7 Å². The number of aryl methyl sites for hydroxylation is 1. The summed E-state index contributed by atoms with van der Waals surface area (Å²) in [5.41, 5.74) is 10.2. The van der Waals surface area contributed by atoms with Crippen LogP contribution in [0.2, 0.25) is 0 Å². The zero-order chi connectivity index (χ0) is 38.5. The number of fused-ring (bicyclic) bond motifs is 2. The average Bonchev–Trinajstić information content (AvgIpc) is 3.88. The second-order valence-corrected chi connectivity index (χ2v) is 15.0. The molecule has 55 heavy (non-hydrogen) atoms. The first-order valence-corrected chi connectivity index (χ1v) is 18.9. The van der Waals surface area contributed by atoms with Crippen LogP contribution >= 0.6 is 15.6 Å². The predicted molar refractivity (Wildman–Crippen MR) is 178 cm³/mol. The number of H-pyrrole nitrogens is 2. The lowest BCUT2D eigenvalue weighted by atomic mass is 10.2. The number of ether oxygens (including phenoxy) is 2. The molecule has 25 nitrogen and oxygen atoms in total. The Balaban J connectivity index is 0.00000514. The summed E-state index contributed by atoms with van der Waals surface area (Å²) in [6.45, 7) is -1.40. The van der Waals surface area contributed by atoms with Gasteiger partial charge in [0.1, 0.15) is 31.7 Å². The lowest BCUT2D eigenvalue weighted by Crippen LogP contribution is -3.00. The summed E-state index contributed by atoms with van der Waals surface area (Å²) in [5.74, 6) is -0.345. The summed E-state index contributed by atoms with van der Waals surface area (Å²) < 4.78 is 62.8. The van der Waals surface area contributed by atoms with E-state index in [0.717, 1.165) is 0 Å². The minimum absolute atomic E-state index is 0. The Morgan fingerprint density at radius 1 is 0.873 bits per heavy atom. The van der Waals surface area contributed by atoms with Crippen molar-refractivity contribution in [1.82, 2.24) is 39.0 Å². The molecule has 0 bridgehead atoms. The highest BCUT2D eigenvalue weighted by atomic mass is 127. The maximum Gasteiger partial charge on any atom is 0.475 e. The molecule has 5 aromatic heterocycles. The van der Waals surface area contributed by atoms with Crippen molar-refractivity contribution in [3.8, 4) is 0 Å². The molecule has 0 spiro atoms. The third-order valence-electron chi connectivity index (χ3n) is 8.53. The number of aliphatic hydroxyl groups excluding tert-OH is 2. The molecule has 2 saturated heterocycles. The minimum Gasteiger partial charge on any atom is -1.00 e. The molecule has 28 heteroatoms. The van der Waals surface area contributed by atoms with E-state index in [1.807, 2.05) is 0 Å². The molecule has 2 aliphatic rings. The number of imidazole rings is 2. The van der Waals surface area contributed by atoms with Gasteiger partial charge in [0, 0.05) is 25.0 Å². The summed E-state index contributed by atoms with van der Waals surface area (Å²) in [6.07, 6.45) is -4.79. The topological polar surface area (TPSA) is 354 Å². The van der Waals surface area contributed by atoms with Gasteiger partial charge in [-0.05, 0) is 6.07 Å². The van der Waals surface area contributed by atoms with Crippen LogP contribution in [0, 0.1) is 0 Å². The molecule has 7 heterocycles. The minimum atomic E-state index is -5.17. The Hall–Kier alpha value is -3.76. The highest BCUT2D eigenvalue weighted by Gasteiger charge is 2.43. The monoisotopic (exact) mass is 925 g/mol. The largest absolute Gasteiger partial charge is 1.00 e. The van der Waals surface area contributed by atoms with Crippen molar-refractivity contribution in [2.45, 2.75) is 56.0 Å². The number of phosphoric ester groups is 2. The van der Waals surface area contributed by atoms with E-state index in [9.17, 15) is 38.7 Å². The number of nitrogens with zero attached hydrogens (tertiary/aromatic N) is 7. The normalized spacial score (nSPS) is 25.5. The van der Waals surface area contributed by atoms with Gasteiger partial charge in [0.05, 0.1) is 38.1 Å². The summed E-state index contributed by atoms with van der Waals surface area (Å²) in [4.78, 5) is 66.5. The molecule has 298 valence electrons. The first-order valence-electron chi connectivity index (χ1n) is 15.9. The molecule has 0 amide bonds. The number of phosphoric acid groups is 2. The van der Waals surface area contributed by atoms with Gasteiger partial charge in [-0.3, -0.25) is 37.7 Å². The highest BCUT2D eigenvalue weighted by Crippen LogP contribution is 2.55. The standard InChI is InChI=1S/C27H33N11O14P2.HI/c1-36-5-3-2-4-12(36)25(51-53(43,44)47-8-15-13(39)6-17(49-15)37-10-30-19-21(37)32-26(28)34-23(19)41)52-54(45,46)48-9-16-14(40)7-18(50-16)38-11-31-20-22(38)33-27(29)35-24(20)42;/h2-5,10-11,13-18,25,39-40H,6-9H2,1H3,(H7-,28,29,32,33,34,35,41,42,43,44,45,46);1H/t13-,14-,15+,16+,17+,18+;/m0./s1. The number of hydrogen-bond acceptors (Lipinski definition) is 18. The molecule has 2 aliphatic heterocycles. The number of nitrogens with two attached hydrogens (primary N) is 2. The van der Waals surface area contributed by atoms with E-state index in [-0.39, 0.29) is 76.7 Å². The zero-order valence-corrected chi connectivity index (χ0v) is 32.2. The molecule has 2 fully saturated rings. The maximum absolute atomic E-state index is 13.2. The van der Waals surface area contributed by atoms with Gasteiger partial charge in [0.15, 0.2) is 28.5 Å². The van der Waals surface area contributed by atoms with Crippen molar-refractivity contribution < 1.29 is 85.2 Å². The Labute approximate surface area is 324 Å². The fourth-order valence-corrected chi connectivity index (χ4v) is 7.57. The van der Waals surface area contributed by atoms with Gasteiger partial charge in [-0.2, -0.15) is 9.97 Å². The summed E-state index contributed by atoms with van der Waals surface area (Å²) >= 11 is 0. The Kier molecular flexibility index (Phi) is 11.9. The van der Waals surface area contributed by atoms with Gasteiger partial charge < -0.3 is 64.9 Å². The van der Waals surface area contributed by atoms with Gasteiger partial charge >= 0.3 is 15.6 Å². The quantitative estimate of drug-likeness (QED) is 0.0239. The summed E-state index contributed by atoms with van der Waals surface area (Å²) in [7, 11) is -8.84. The second kappa shape index (κ2) is 16.0. The van der Waals surface area contributed by atoms with Crippen molar-refractivity contribution in [3.05, 3.63) is 63.5 Å². The molecule has 0 radical (unpaired) electrons. The van der Waals surface area contributed by atoms with Crippen LogP contribution in [0.1, 0.15) is 37.3 Å². The lowest BCUT2D eigenvalue weighted by molar-refractivity contribution is -0.685. The third kappa shape index (κ3) is 8.80. The number of anilines is 2. The fourth-order valence-electron chi connectivity index (χ4n) is 5.93. The third-order valence-corrected chi connectivity index (χ3v) is 10.4. The van der Waals surface area contributed by atoms with Crippen molar-refractivity contribution in [3.63, 3.8) is 0 Å². The molecule has 0 aromatic carbocycles. The average molecular weight is 925 g/mol. The molecule has 0 saturated carbocycles. The molecule has 8 atom stereocenters. The molecular weight excluding hydrogens is 891 g/mol. The number of rotatable bonds is 13. The molecular formula is C27H34IN11O14P2. The molecule has 7 rings (SSSR count). The lowest BCUT2D eigenvalue weighted by Gasteiger charge is -2.23. The van der Waals surface area contributed by atoms with E-state index in [1.165, 1.54) is 51.7 Å². The first-order chi connectivity index (χ1) is 25.6. The number of nitrogen functional groups attached to an aromatic ring is 2. The van der Waals surface area contributed by atoms with Crippen molar-refractivity contribution in [1.29, 1.82) is 0 Å². The van der Waals surface area contributed by atoms with Crippen molar-refractivity contribution >= 4 is 49.9 Å². The number of aliphatic hydroxyl groups is 2. The SMILES string of the molecule is C[n+]1ccccc1C(OP(=O)(O)OC[C@H]1O[C@@H](n2cnc3c(=O)[nH]c(N)nc32)C[C@@H]1O)OP(=O)(O)OC[C@H]1O[C@@H](n2cnc3c(=O)[nH]c(N)nc32)C[C@@H]1O.[I-]. The molecule has 2 unspecified atom stereocenters. The van der Waals surface area contributed by atoms with E-state index in [1.54, 1.807) is 6.07 Å². The van der Waals surface area contributed by atoms with Crippen LogP contribution < -0.4 is 51.1 Å². The Bertz CT molecular complexity index is 2270. The smallest absolute Gasteiger partial charge is 0.475 e. The van der Waals surface area contributed by atoms with E-state index in [4.69, 9.17) is 39.0 Å². The van der Waals surface area contributed by atoms with Gasteiger partial charge in [-0.25, -0.2) is 32.7 Å². The van der Waals surface area contributed by atoms with Crippen LogP contribution in [0.4, 0.5) is 11.9 Å². The number of hydrogen-bond donors (Lipinski definition) is 8. The zero-order valence-electron chi connectivity index (χ0n) is 28.3. The number of halogens is 1. The van der Waals surface area contributed by atoms with E-state index < -0.39 is 83.1 Å². The van der Waals surface area contributed by atoms with E-state index >= 15 is 0 Å². The second-order valence-electron chi connectivity index (χ2n) is 12.2. The van der Waals surface area contributed by atoms with Crippen LogP contribution in [-0.4, -0.2) is 96.7 Å². The van der Waals surface area contributed by atoms with E-state index in [2.05, 4.69) is 29.9 Å². The van der Waals surface area contributed by atoms with Gasteiger partial charge in [-0.1, -0.05) is 0 Å². The van der Waals surface area contributed by atoms with Crippen molar-refractivity contribution in [2.24, 2.45) is 7.05 Å². The Morgan fingerprint density at radius 2 is 1.33 bits per heavy atom. The number of nitrogens with one attached hydrogen (secondary N) is 2. The van der Waals surface area contributed by atoms with Crippen LogP contribution in [0.25, 0.3) is 22.3 Å². The summed E-state index contributed by atoms with van der Waals surface area (Å²) in [5, 5.41) is 21.3. The highest BCUT2D eigenvalue weighted by molar-refractivity contribution is 7.48. The molecule has 0 aliphatic carbocycles. The van der Waals surface area contributed by atoms with Crippen LogP contribution in [0.3, 0.4) is 0 Å². The fraction of sp³-hybridized carbons (Fsp3) is 0.444. The molecule has 5 aromatic rings. The predicted octanol–water partition coefficient (Wildman–Crippen LogP) is -4.49.